The quantitative estimate of drug-likeness (QED) is 0.824. The van der Waals surface area contributed by atoms with Crippen molar-refractivity contribution in [1.82, 2.24) is 0 Å². The largest absolute Gasteiger partial charge is 0.389 e. The number of para-hydroxylation sites is 1. The molecule has 0 amide bonds. The van der Waals surface area contributed by atoms with Gasteiger partial charge in [0.25, 0.3) is 0 Å². The van der Waals surface area contributed by atoms with Crippen LogP contribution in [0.5, 0.6) is 0 Å². The average Bonchev–Trinajstić information content (AvgIpc) is 2.24. The number of nitrogens with zero attached hydrogens (tertiary/aromatic N) is 1. The predicted octanol–water partition coefficient (Wildman–Crippen LogP) is 2.30. The molecule has 1 rings (SSSR count). The molecule has 0 aromatic heterocycles. The third-order valence-electron chi connectivity index (χ3n) is 2.73. The van der Waals surface area contributed by atoms with Gasteiger partial charge < -0.3 is 15.7 Å². The second kappa shape index (κ2) is 5.52. The van der Waals surface area contributed by atoms with Crippen LogP contribution in [0.25, 0.3) is 0 Å². The number of nitrogens with two attached hydrogens (primary N) is 1. The van der Waals surface area contributed by atoms with Gasteiger partial charge in [-0.05, 0) is 39.3 Å². The van der Waals surface area contributed by atoms with E-state index in [-0.39, 0.29) is 6.04 Å². The van der Waals surface area contributed by atoms with Gasteiger partial charge in [-0.15, -0.1) is 0 Å². The van der Waals surface area contributed by atoms with E-state index < -0.39 is 5.60 Å². The van der Waals surface area contributed by atoms with Gasteiger partial charge in [0.15, 0.2) is 0 Å². The van der Waals surface area contributed by atoms with Crippen LogP contribution < -0.4 is 10.6 Å². The molecule has 17 heavy (non-hydrogen) atoms. The minimum absolute atomic E-state index is 0.00190. The van der Waals surface area contributed by atoms with Crippen molar-refractivity contribution in [3.63, 3.8) is 0 Å². The molecule has 3 nitrogen and oxygen atoms in total. The van der Waals surface area contributed by atoms with E-state index in [1.165, 1.54) is 0 Å². The molecule has 1 atom stereocenters. The first-order chi connectivity index (χ1) is 7.85. The van der Waals surface area contributed by atoms with E-state index >= 15 is 0 Å². The van der Waals surface area contributed by atoms with E-state index in [0.29, 0.717) is 6.54 Å². The zero-order valence-corrected chi connectivity index (χ0v) is 11.3. The van der Waals surface area contributed by atoms with Crippen LogP contribution in [-0.4, -0.2) is 23.8 Å². The Kier molecular flexibility index (Phi) is 4.54. The molecule has 1 aromatic rings. The van der Waals surface area contributed by atoms with Crippen LogP contribution in [0.2, 0.25) is 0 Å². The van der Waals surface area contributed by atoms with Gasteiger partial charge >= 0.3 is 0 Å². The zero-order chi connectivity index (χ0) is 13.1. The Bertz CT molecular complexity index is 355. The third-order valence-corrected chi connectivity index (χ3v) is 2.73. The van der Waals surface area contributed by atoms with Gasteiger partial charge in [0.1, 0.15) is 0 Å². The summed E-state index contributed by atoms with van der Waals surface area (Å²) in [6.07, 6.45) is 0. The average molecular weight is 236 g/mol. The van der Waals surface area contributed by atoms with Crippen LogP contribution in [0.4, 0.5) is 5.69 Å². The third kappa shape index (κ3) is 4.02. The molecule has 0 radical (unpaired) electrons. The van der Waals surface area contributed by atoms with Crippen molar-refractivity contribution in [3.8, 4) is 0 Å². The van der Waals surface area contributed by atoms with Crippen molar-refractivity contribution >= 4 is 5.69 Å². The fraction of sp³-hybridized carbons (Fsp3) is 0.571. The van der Waals surface area contributed by atoms with Crippen molar-refractivity contribution in [2.75, 3.05) is 18.0 Å². The molecule has 0 spiro atoms. The van der Waals surface area contributed by atoms with Crippen molar-refractivity contribution in [2.24, 2.45) is 5.73 Å². The maximum atomic E-state index is 9.94. The predicted molar refractivity (Wildman–Crippen MR) is 73.2 cm³/mol. The molecule has 0 saturated heterocycles. The van der Waals surface area contributed by atoms with Crippen molar-refractivity contribution in [1.29, 1.82) is 0 Å². The van der Waals surface area contributed by atoms with Gasteiger partial charge in [0.05, 0.1) is 5.60 Å². The summed E-state index contributed by atoms with van der Waals surface area (Å²) in [5, 5.41) is 9.94. The lowest BCUT2D eigenvalue weighted by molar-refractivity contribution is 0.0875. The number of likely N-dealkylation sites (N-methyl/N-ethyl adjacent to an activating group) is 1. The van der Waals surface area contributed by atoms with E-state index in [1.54, 1.807) is 0 Å². The Hall–Kier alpha value is -1.06. The van der Waals surface area contributed by atoms with Crippen LogP contribution in [0.3, 0.4) is 0 Å². The number of hydrogen-bond donors (Lipinski definition) is 2. The first-order valence-corrected chi connectivity index (χ1v) is 6.17. The lowest BCUT2D eigenvalue weighted by Gasteiger charge is -2.32. The summed E-state index contributed by atoms with van der Waals surface area (Å²) < 4.78 is 0. The molecule has 0 aliphatic rings. The highest BCUT2D eigenvalue weighted by Crippen LogP contribution is 2.26. The molecule has 0 unspecified atom stereocenters. The van der Waals surface area contributed by atoms with Gasteiger partial charge in [-0.25, -0.2) is 0 Å². The minimum Gasteiger partial charge on any atom is -0.389 e. The Morgan fingerprint density at radius 2 is 1.94 bits per heavy atom. The van der Waals surface area contributed by atoms with Gasteiger partial charge in [0.2, 0.25) is 0 Å². The molecule has 1 aromatic carbocycles. The summed E-state index contributed by atoms with van der Waals surface area (Å²) >= 11 is 0. The number of anilines is 1. The van der Waals surface area contributed by atoms with Crippen molar-refractivity contribution < 1.29 is 5.11 Å². The van der Waals surface area contributed by atoms with Crippen LogP contribution in [0.15, 0.2) is 24.3 Å². The summed E-state index contributed by atoms with van der Waals surface area (Å²) in [6.45, 7) is 9.18. The van der Waals surface area contributed by atoms with Gasteiger partial charge in [-0.3, -0.25) is 0 Å². The van der Waals surface area contributed by atoms with E-state index in [4.69, 9.17) is 5.73 Å². The maximum absolute atomic E-state index is 9.94. The fourth-order valence-corrected chi connectivity index (χ4v) is 1.99. The van der Waals surface area contributed by atoms with E-state index in [2.05, 4.69) is 17.9 Å². The second-order valence-electron chi connectivity index (χ2n) is 5.17. The Morgan fingerprint density at radius 3 is 2.41 bits per heavy atom. The van der Waals surface area contributed by atoms with Gasteiger partial charge in [-0.2, -0.15) is 0 Å². The Labute approximate surface area is 104 Å². The Morgan fingerprint density at radius 1 is 1.35 bits per heavy atom. The smallest absolute Gasteiger partial charge is 0.0765 e. The molecule has 96 valence electrons. The summed E-state index contributed by atoms with van der Waals surface area (Å²) in [6, 6.07) is 8.12. The van der Waals surface area contributed by atoms with Crippen LogP contribution in [0, 0.1) is 0 Å². The normalized spacial score (nSPS) is 13.5. The highest BCUT2D eigenvalue weighted by molar-refractivity contribution is 5.55. The number of hydrogen-bond acceptors (Lipinski definition) is 3. The molecule has 0 aliphatic heterocycles. The van der Waals surface area contributed by atoms with E-state index in [9.17, 15) is 5.11 Å². The first-order valence-electron chi connectivity index (χ1n) is 6.17. The molecule has 0 bridgehead atoms. The number of benzene rings is 1. The lowest BCUT2D eigenvalue weighted by atomic mass is 10.0. The highest BCUT2D eigenvalue weighted by Gasteiger charge is 2.19. The number of rotatable bonds is 5. The van der Waals surface area contributed by atoms with E-state index in [0.717, 1.165) is 17.8 Å². The zero-order valence-electron chi connectivity index (χ0n) is 11.3. The summed E-state index contributed by atoms with van der Waals surface area (Å²) in [4.78, 5) is 2.17. The molecule has 0 aliphatic carbocycles. The molecule has 0 heterocycles. The minimum atomic E-state index is -0.707. The highest BCUT2D eigenvalue weighted by atomic mass is 16.3. The molecule has 3 heteroatoms. The molecular formula is C14H24N2O. The summed E-state index contributed by atoms with van der Waals surface area (Å²) in [5.41, 5.74) is 7.52. The fourth-order valence-electron chi connectivity index (χ4n) is 1.99. The molecule has 0 saturated carbocycles. The summed E-state index contributed by atoms with van der Waals surface area (Å²) in [5.74, 6) is 0. The molecule has 3 N–H and O–H groups in total. The number of aliphatic hydroxyl groups is 1. The van der Waals surface area contributed by atoms with Crippen molar-refractivity contribution in [2.45, 2.75) is 39.3 Å². The van der Waals surface area contributed by atoms with Crippen LogP contribution >= 0.6 is 0 Å². The van der Waals surface area contributed by atoms with Crippen LogP contribution in [0.1, 0.15) is 39.3 Å². The second-order valence-corrected chi connectivity index (χ2v) is 5.17. The Balaban J connectivity index is 3.03. The monoisotopic (exact) mass is 236 g/mol. The van der Waals surface area contributed by atoms with Crippen LogP contribution in [-0.2, 0) is 0 Å². The standard InChI is InChI=1S/C14H24N2O/c1-5-16(10-14(3,4)17)13-9-7-6-8-12(13)11(2)15/h6-9,11,17H,5,10,15H2,1-4H3/t11-/m1/s1. The lowest BCUT2D eigenvalue weighted by Crippen LogP contribution is -2.39. The molecular weight excluding hydrogens is 212 g/mol. The van der Waals surface area contributed by atoms with E-state index in [1.807, 2.05) is 39.0 Å². The summed E-state index contributed by atoms with van der Waals surface area (Å²) in [7, 11) is 0. The first kappa shape index (κ1) is 14.0. The maximum Gasteiger partial charge on any atom is 0.0765 e. The van der Waals surface area contributed by atoms with Gasteiger partial charge in [0, 0.05) is 24.8 Å². The topological polar surface area (TPSA) is 49.5 Å². The van der Waals surface area contributed by atoms with Gasteiger partial charge in [-0.1, -0.05) is 18.2 Å². The van der Waals surface area contributed by atoms with Crippen molar-refractivity contribution in [3.05, 3.63) is 29.8 Å². The SMILES string of the molecule is CCN(CC(C)(C)O)c1ccccc1[C@@H](C)N. The molecule has 0 fully saturated rings.